The third kappa shape index (κ3) is 4.84. The lowest BCUT2D eigenvalue weighted by Gasteiger charge is -2.12. The molecule has 0 saturated heterocycles. The number of nitrogens with zero attached hydrogens (tertiary/aromatic N) is 2. The fraction of sp³-hybridized carbons (Fsp3) is 0.200. The Balaban J connectivity index is 1.74. The molecule has 0 amide bonds. The number of aromatic nitrogens is 2. The SMILES string of the molecule is COc1ccc(Nc2nc(C)cc(NCc3ccc(F)cc3)n2)cc1OC. The topological polar surface area (TPSA) is 68.3 Å². The van der Waals surface area contributed by atoms with Crippen molar-refractivity contribution in [1.29, 1.82) is 0 Å². The van der Waals surface area contributed by atoms with Gasteiger partial charge in [-0.25, -0.2) is 9.37 Å². The number of nitrogens with one attached hydrogen (secondary N) is 2. The lowest BCUT2D eigenvalue weighted by molar-refractivity contribution is 0.355. The second kappa shape index (κ2) is 8.35. The number of halogens is 1. The highest BCUT2D eigenvalue weighted by molar-refractivity contribution is 5.60. The van der Waals surface area contributed by atoms with Crippen molar-refractivity contribution in [2.45, 2.75) is 13.5 Å². The van der Waals surface area contributed by atoms with Crippen molar-refractivity contribution in [2.24, 2.45) is 0 Å². The molecule has 0 saturated carbocycles. The molecule has 0 aliphatic carbocycles. The van der Waals surface area contributed by atoms with Gasteiger partial charge in [0.05, 0.1) is 14.2 Å². The minimum absolute atomic E-state index is 0.252. The van der Waals surface area contributed by atoms with Crippen molar-refractivity contribution < 1.29 is 13.9 Å². The van der Waals surface area contributed by atoms with Gasteiger partial charge in [-0.05, 0) is 36.8 Å². The monoisotopic (exact) mass is 368 g/mol. The standard InChI is InChI=1S/C20H21FN4O2/c1-13-10-19(22-12-14-4-6-15(21)7-5-14)25-20(23-13)24-16-8-9-17(26-2)18(11-16)27-3/h4-11H,12H2,1-3H3,(H2,22,23,24,25). The van der Waals surface area contributed by atoms with Crippen LogP contribution in [-0.2, 0) is 6.54 Å². The predicted octanol–water partition coefficient (Wildman–Crippen LogP) is 4.30. The Hall–Kier alpha value is -3.35. The van der Waals surface area contributed by atoms with Crippen LogP contribution in [0.2, 0.25) is 0 Å². The predicted molar refractivity (Wildman–Crippen MR) is 103 cm³/mol. The lowest BCUT2D eigenvalue weighted by atomic mass is 10.2. The summed E-state index contributed by atoms with van der Waals surface area (Å²) in [6.07, 6.45) is 0. The van der Waals surface area contributed by atoms with Gasteiger partial charge in [0.2, 0.25) is 5.95 Å². The van der Waals surface area contributed by atoms with Crippen LogP contribution >= 0.6 is 0 Å². The van der Waals surface area contributed by atoms with E-state index in [0.29, 0.717) is 29.8 Å². The van der Waals surface area contributed by atoms with Crippen LogP contribution in [0.25, 0.3) is 0 Å². The van der Waals surface area contributed by atoms with Gasteiger partial charge in [-0.1, -0.05) is 12.1 Å². The van der Waals surface area contributed by atoms with Crippen LogP contribution in [-0.4, -0.2) is 24.2 Å². The van der Waals surface area contributed by atoms with Gasteiger partial charge in [0.15, 0.2) is 11.5 Å². The molecule has 0 bridgehead atoms. The van der Waals surface area contributed by atoms with Crippen LogP contribution in [0.3, 0.4) is 0 Å². The van der Waals surface area contributed by atoms with Crippen LogP contribution < -0.4 is 20.1 Å². The number of anilines is 3. The van der Waals surface area contributed by atoms with Gasteiger partial charge in [-0.2, -0.15) is 4.98 Å². The van der Waals surface area contributed by atoms with E-state index >= 15 is 0 Å². The zero-order valence-corrected chi connectivity index (χ0v) is 15.4. The molecule has 140 valence electrons. The molecule has 1 aromatic heterocycles. The molecule has 0 spiro atoms. The summed E-state index contributed by atoms with van der Waals surface area (Å²) in [4.78, 5) is 8.89. The van der Waals surface area contributed by atoms with Crippen LogP contribution in [0.1, 0.15) is 11.3 Å². The largest absolute Gasteiger partial charge is 0.493 e. The smallest absolute Gasteiger partial charge is 0.229 e. The molecule has 0 aliphatic heterocycles. The number of methoxy groups -OCH3 is 2. The summed E-state index contributed by atoms with van der Waals surface area (Å²) in [5, 5.41) is 6.40. The van der Waals surface area contributed by atoms with Gasteiger partial charge >= 0.3 is 0 Å². The minimum Gasteiger partial charge on any atom is -0.493 e. The molecule has 0 radical (unpaired) electrons. The van der Waals surface area contributed by atoms with E-state index in [2.05, 4.69) is 20.6 Å². The highest BCUT2D eigenvalue weighted by Gasteiger charge is 2.07. The first-order valence-electron chi connectivity index (χ1n) is 8.40. The molecule has 0 aliphatic rings. The van der Waals surface area contributed by atoms with Crippen molar-refractivity contribution in [3.63, 3.8) is 0 Å². The number of aryl methyl sites for hydroxylation is 1. The minimum atomic E-state index is -0.252. The normalized spacial score (nSPS) is 10.4. The Labute approximate surface area is 157 Å². The van der Waals surface area contributed by atoms with E-state index in [4.69, 9.17) is 9.47 Å². The summed E-state index contributed by atoms with van der Waals surface area (Å²) in [7, 11) is 3.18. The zero-order valence-electron chi connectivity index (χ0n) is 15.4. The Morgan fingerprint density at radius 2 is 1.67 bits per heavy atom. The van der Waals surface area contributed by atoms with E-state index in [1.807, 2.05) is 31.2 Å². The van der Waals surface area contributed by atoms with E-state index in [9.17, 15) is 4.39 Å². The van der Waals surface area contributed by atoms with Crippen molar-refractivity contribution in [3.05, 3.63) is 65.6 Å². The van der Waals surface area contributed by atoms with E-state index in [1.165, 1.54) is 12.1 Å². The number of ether oxygens (including phenoxy) is 2. The summed E-state index contributed by atoms with van der Waals surface area (Å²) in [5.41, 5.74) is 2.55. The first kappa shape index (κ1) is 18.4. The molecular weight excluding hydrogens is 347 g/mol. The maximum absolute atomic E-state index is 13.0. The molecule has 2 aromatic carbocycles. The molecule has 3 rings (SSSR count). The van der Waals surface area contributed by atoms with Crippen molar-refractivity contribution >= 4 is 17.5 Å². The number of hydrogen-bond acceptors (Lipinski definition) is 6. The van der Waals surface area contributed by atoms with E-state index in [1.54, 1.807) is 26.4 Å². The summed E-state index contributed by atoms with van der Waals surface area (Å²) in [6.45, 7) is 2.43. The Morgan fingerprint density at radius 1 is 0.926 bits per heavy atom. The lowest BCUT2D eigenvalue weighted by Crippen LogP contribution is -2.05. The maximum Gasteiger partial charge on any atom is 0.229 e. The fourth-order valence-corrected chi connectivity index (χ4v) is 2.55. The Morgan fingerprint density at radius 3 is 2.37 bits per heavy atom. The van der Waals surface area contributed by atoms with Gasteiger partial charge in [0.25, 0.3) is 0 Å². The first-order valence-corrected chi connectivity index (χ1v) is 8.40. The first-order chi connectivity index (χ1) is 13.1. The number of hydrogen-bond donors (Lipinski definition) is 2. The highest BCUT2D eigenvalue weighted by atomic mass is 19.1. The summed E-state index contributed by atoms with van der Waals surface area (Å²) in [5.74, 6) is 2.15. The van der Waals surface area contributed by atoms with Crippen LogP contribution in [0.4, 0.5) is 21.8 Å². The fourth-order valence-electron chi connectivity index (χ4n) is 2.55. The Bertz CT molecular complexity index is 916. The van der Waals surface area contributed by atoms with Gasteiger partial charge in [-0.3, -0.25) is 0 Å². The molecular formula is C20H21FN4O2. The molecule has 0 unspecified atom stereocenters. The summed E-state index contributed by atoms with van der Waals surface area (Å²) >= 11 is 0. The van der Waals surface area contributed by atoms with Crippen molar-refractivity contribution in [1.82, 2.24) is 9.97 Å². The molecule has 27 heavy (non-hydrogen) atoms. The molecule has 6 nitrogen and oxygen atoms in total. The summed E-state index contributed by atoms with van der Waals surface area (Å²) < 4.78 is 23.6. The molecule has 7 heteroatoms. The zero-order chi connectivity index (χ0) is 19.2. The van der Waals surface area contributed by atoms with E-state index in [0.717, 1.165) is 16.9 Å². The van der Waals surface area contributed by atoms with Crippen molar-refractivity contribution in [2.75, 3.05) is 24.9 Å². The third-order valence-electron chi connectivity index (χ3n) is 3.88. The third-order valence-corrected chi connectivity index (χ3v) is 3.88. The molecule has 1 heterocycles. The molecule has 3 aromatic rings. The average Bonchev–Trinajstić information content (AvgIpc) is 2.67. The average molecular weight is 368 g/mol. The van der Waals surface area contributed by atoms with Crippen molar-refractivity contribution in [3.8, 4) is 11.5 Å². The van der Waals surface area contributed by atoms with Gasteiger partial charge in [0, 0.05) is 30.1 Å². The van der Waals surface area contributed by atoms with E-state index < -0.39 is 0 Å². The quantitative estimate of drug-likeness (QED) is 0.648. The van der Waals surface area contributed by atoms with Crippen LogP contribution in [0.5, 0.6) is 11.5 Å². The number of rotatable bonds is 7. The van der Waals surface area contributed by atoms with Gasteiger partial charge in [0.1, 0.15) is 11.6 Å². The van der Waals surface area contributed by atoms with Crippen LogP contribution in [0.15, 0.2) is 48.5 Å². The van der Waals surface area contributed by atoms with E-state index in [-0.39, 0.29) is 5.82 Å². The maximum atomic E-state index is 13.0. The summed E-state index contributed by atoms with van der Waals surface area (Å²) in [6, 6.07) is 13.7. The second-order valence-electron chi connectivity index (χ2n) is 5.89. The molecule has 2 N–H and O–H groups in total. The Kier molecular flexibility index (Phi) is 5.71. The highest BCUT2D eigenvalue weighted by Crippen LogP contribution is 2.30. The molecule has 0 fully saturated rings. The van der Waals surface area contributed by atoms with Crippen LogP contribution in [0, 0.1) is 12.7 Å². The second-order valence-corrected chi connectivity index (χ2v) is 5.89. The van der Waals surface area contributed by atoms with Gasteiger partial charge < -0.3 is 20.1 Å². The van der Waals surface area contributed by atoms with Gasteiger partial charge in [-0.15, -0.1) is 0 Å². The number of benzene rings is 2. The molecule has 0 atom stereocenters.